The van der Waals surface area contributed by atoms with Crippen LogP contribution in [0.2, 0.25) is 5.02 Å². The van der Waals surface area contributed by atoms with E-state index in [1.54, 1.807) is 24.4 Å². The van der Waals surface area contributed by atoms with E-state index in [4.69, 9.17) is 17.3 Å². The molecule has 3 N–H and O–H groups in total. The average molecular weight is 459 g/mol. The smallest absolute Gasteiger partial charge is 0.330 e. The summed E-state index contributed by atoms with van der Waals surface area (Å²) < 4.78 is 2.83. The minimum absolute atomic E-state index is 0.0246. The van der Waals surface area contributed by atoms with Crippen LogP contribution in [0.15, 0.2) is 46.2 Å². The summed E-state index contributed by atoms with van der Waals surface area (Å²) in [6.45, 7) is 6.42. The molecule has 0 spiro atoms. The Kier molecular flexibility index (Phi) is 7.19. The zero-order valence-corrected chi connectivity index (χ0v) is 19.1. The van der Waals surface area contributed by atoms with Crippen LogP contribution in [-0.4, -0.2) is 31.8 Å². The predicted octanol–water partition coefficient (Wildman–Crippen LogP) is 3.06. The molecule has 1 aromatic carbocycles. The van der Waals surface area contributed by atoms with Gasteiger partial charge in [-0.15, -0.1) is 0 Å². The van der Waals surface area contributed by atoms with Crippen LogP contribution in [0.3, 0.4) is 0 Å². The number of aromatic amines is 1. The first-order valence-corrected chi connectivity index (χ1v) is 10.9. The van der Waals surface area contributed by atoms with Crippen LogP contribution in [0.1, 0.15) is 44.0 Å². The molecule has 32 heavy (non-hydrogen) atoms. The number of nitrogens with one attached hydrogen (secondary N) is 1. The molecular weight excluding hydrogens is 432 g/mol. The maximum Gasteiger partial charge on any atom is 0.330 e. The minimum Gasteiger partial charge on any atom is -0.383 e. The molecule has 0 aliphatic heterocycles. The Bertz CT molecular complexity index is 1230. The Hall–Kier alpha value is -3.33. The highest BCUT2D eigenvalue weighted by atomic mass is 35.5. The predicted molar refractivity (Wildman–Crippen MR) is 126 cm³/mol. The van der Waals surface area contributed by atoms with Gasteiger partial charge in [-0.2, -0.15) is 5.10 Å². The molecule has 0 unspecified atom stereocenters. The zero-order chi connectivity index (χ0) is 23.4. The second kappa shape index (κ2) is 9.86. The summed E-state index contributed by atoms with van der Waals surface area (Å²) in [6.07, 6.45) is 4.55. The average Bonchev–Trinajstić information content (AvgIpc) is 3.22. The molecule has 0 saturated heterocycles. The lowest BCUT2D eigenvalue weighted by molar-refractivity contribution is 0.0983. The maximum atomic E-state index is 13.5. The third-order valence-electron chi connectivity index (χ3n) is 4.91. The first-order valence-electron chi connectivity index (χ1n) is 10.5. The number of amides is 1. The van der Waals surface area contributed by atoms with Crippen molar-refractivity contribution >= 4 is 29.0 Å². The van der Waals surface area contributed by atoms with Gasteiger partial charge in [0.15, 0.2) is 5.69 Å². The topological polar surface area (TPSA) is 119 Å². The van der Waals surface area contributed by atoms with Crippen molar-refractivity contribution in [3.8, 4) is 5.69 Å². The summed E-state index contributed by atoms with van der Waals surface area (Å²) in [6, 6.07) is 7.06. The number of unbranched alkanes of at least 4 members (excludes halogenated alkanes) is 1. The van der Waals surface area contributed by atoms with Gasteiger partial charge in [0.1, 0.15) is 5.82 Å². The van der Waals surface area contributed by atoms with Gasteiger partial charge < -0.3 is 10.6 Å². The summed E-state index contributed by atoms with van der Waals surface area (Å²) in [5.41, 5.74) is 5.89. The van der Waals surface area contributed by atoms with Crippen LogP contribution < -0.4 is 21.9 Å². The number of carbonyl (C=O) groups excluding carboxylic acids is 1. The number of halogens is 1. The summed E-state index contributed by atoms with van der Waals surface area (Å²) in [5.74, 6) is -0.426. The fourth-order valence-electron chi connectivity index (χ4n) is 3.37. The van der Waals surface area contributed by atoms with Crippen molar-refractivity contribution in [2.24, 2.45) is 5.92 Å². The molecule has 1 amide bonds. The number of aromatic nitrogens is 4. The minimum atomic E-state index is -0.698. The standard InChI is InChI=1S/C22H27ClN6O3/c1-4-5-9-27-19(24)18(20(30)26-22(27)32)28(12-14(2)3)21(31)15-11-25-29(13-15)17-8-6-7-16(23)10-17/h6-8,10-11,13-14H,4-5,9,12,24H2,1-3H3,(H,26,30,32). The molecule has 0 aliphatic rings. The maximum absolute atomic E-state index is 13.5. The van der Waals surface area contributed by atoms with E-state index in [0.29, 0.717) is 23.7 Å². The van der Waals surface area contributed by atoms with Gasteiger partial charge in [-0.1, -0.05) is 44.9 Å². The highest BCUT2D eigenvalue weighted by Crippen LogP contribution is 2.22. The summed E-state index contributed by atoms with van der Waals surface area (Å²) in [7, 11) is 0. The first kappa shape index (κ1) is 23.3. The van der Waals surface area contributed by atoms with Crippen molar-refractivity contribution in [1.82, 2.24) is 19.3 Å². The molecule has 9 nitrogen and oxygen atoms in total. The van der Waals surface area contributed by atoms with Crippen LogP contribution in [-0.2, 0) is 6.54 Å². The number of anilines is 2. The molecule has 0 aliphatic carbocycles. The number of carbonyl (C=O) groups is 1. The number of nitrogen functional groups attached to an aromatic ring is 1. The lowest BCUT2D eigenvalue weighted by Gasteiger charge is -2.25. The third-order valence-corrected chi connectivity index (χ3v) is 5.15. The quantitative estimate of drug-likeness (QED) is 0.537. The summed E-state index contributed by atoms with van der Waals surface area (Å²) in [4.78, 5) is 42.1. The molecule has 0 saturated carbocycles. The molecule has 0 bridgehead atoms. The number of benzene rings is 1. The lowest BCUT2D eigenvalue weighted by atomic mass is 10.1. The molecular formula is C22H27ClN6O3. The van der Waals surface area contributed by atoms with E-state index in [2.05, 4.69) is 10.1 Å². The second-order valence-corrected chi connectivity index (χ2v) is 8.40. The van der Waals surface area contributed by atoms with Gasteiger partial charge in [0.25, 0.3) is 11.5 Å². The molecule has 10 heteroatoms. The molecule has 0 atom stereocenters. The summed E-state index contributed by atoms with van der Waals surface area (Å²) >= 11 is 6.05. The van der Waals surface area contributed by atoms with E-state index in [-0.39, 0.29) is 29.5 Å². The van der Waals surface area contributed by atoms with Crippen molar-refractivity contribution in [2.75, 3.05) is 17.2 Å². The van der Waals surface area contributed by atoms with Crippen molar-refractivity contribution in [3.63, 3.8) is 0 Å². The Balaban J connectivity index is 2.05. The molecule has 3 aromatic rings. The van der Waals surface area contributed by atoms with Gasteiger partial charge in [-0.3, -0.25) is 19.1 Å². The lowest BCUT2D eigenvalue weighted by Crippen LogP contribution is -2.42. The van der Waals surface area contributed by atoms with Gasteiger partial charge in [0.2, 0.25) is 0 Å². The van der Waals surface area contributed by atoms with Crippen LogP contribution in [0.4, 0.5) is 11.5 Å². The van der Waals surface area contributed by atoms with Crippen molar-refractivity contribution in [1.29, 1.82) is 0 Å². The van der Waals surface area contributed by atoms with Gasteiger partial charge in [-0.05, 0) is 30.5 Å². The summed E-state index contributed by atoms with van der Waals surface area (Å²) in [5, 5.41) is 4.80. The van der Waals surface area contributed by atoms with Gasteiger partial charge in [0, 0.05) is 24.3 Å². The van der Waals surface area contributed by atoms with E-state index in [0.717, 1.165) is 6.42 Å². The number of nitrogens with zero attached hydrogens (tertiary/aromatic N) is 4. The number of nitrogens with two attached hydrogens (primary N) is 1. The Morgan fingerprint density at radius 3 is 2.72 bits per heavy atom. The Labute approximate surface area is 190 Å². The largest absolute Gasteiger partial charge is 0.383 e. The van der Waals surface area contributed by atoms with Gasteiger partial charge in [-0.25, -0.2) is 9.48 Å². The van der Waals surface area contributed by atoms with E-state index in [9.17, 15) is 14.4 Å². The van der Waals surface area contributed by atoms with Crippen LogP contribution in [0.25, 0.3) is 5.69 Å². The van der Waals surface area contributed by atoms with Gasteiger partial charge >= 0.3 is 5.69 Å². The Morgan fingerprint density at radius 1 is 1.31 bits per heavy atom. The van der Waals surface area contributed by atoms with Crippen molar-refractivity contribution in [2.45, 2.75) is 40.2 Å². The third kappa shape index (κ3) is 4.94. The fraction of sp³-hybridized carbons (Fsp3) is 0.364. The molecule has 3 rings (SSSR count). The SMILES string of the molecule is CCCCn1c(N)c(N(CC(C)C)C(=O)c2cnn(-c3cccc(Cl)c3)c2)c(=O)[nH]c1=O. The van der Waals surface area contributed by atoms with Crippen molar-refractivity contribution in [3.05, 3.63) is 68.1 Å². The molecule has 0 fully saturated rings. The van der Waals surface area contributed by atoms with E-state index >= 15 is 0 Å². The first-order chi connectivity index (χ1) is 15.2. The zero-order valence-electron chi connectivity index (χ0n) is 18.3. The fourth-order valence-corrected chi connectivity index (χ4v) is 3.55. The van der Waals surface area contributed by atoms with Crippen LogP contribution in [0, 0.1) is 5.92 Å². The highest BCUT2D eigenvalue weighted by Gasteiger charge is 2.27. The number of H-pyrrole nitrogens is 1. The number of hydrogen-bond donors (Lipinski definition) is 2. The monoisotopic (exact) mass is 458 g/mol. The van der Waals surface area contributed by atoms with E-state index in [1.807, 2.05) is 26.8 Å². The highest BCUT2D eigenvalue weighted by molar-refractivity contribution is 6.30. The molecule has 0 radical (unpaired) electrons. The Morgan fingerprint density at radius 2 is 2.06 bits per heavy atom. The van der Waals surface area contributed by atoms with E-state index < -0.39 is 17.2 Å². The second-order valence-electron chi connectivity index (χ2n) is 7.96. The van der Waals surface area contributed by atoms with Crippen LogP contribution >= 0.6 is 11.6 Å². The molecule has 2 aromatic heterocycles. The normalized spacial score (nSPS) is 11.2. The number of rotatable bonds is 8. The molecule has 170 valence electrons. The molecule has 2 heterocycles. The van der Waals surface area contributed by atoms with Gasteiger partial charge in [0.05, 0.1) is 17.4 Å². The van der Waals surface area contributed by atoms with Crippen molar-refractivity contribution < 1.29 is 4.79 Å². The van der Waals surface area contributed by atoms with Crippen LogP contribution in [0.5, 0.6) is 0 Å². The number of hydrogen-bond acceptors (Lipinski definition) is 5. The van der Waals surface area contributed by atoms with E-state index in [1.165, 1.54) is 20.3 Å².